The zero-order valence-electron chi connectivity index (χ0n) is 15.5. The van der Waals surface area contributed by atoms with Gasteiger partial charge in [0.05, 0.1) is 40.6 Å². The summed E-state index contributed by atoms with van der Waals surface area (Å²) in [4.78, 5) is 34.6. The van der Waals surface area contributed by atoms with E-state index in [0.29, 0.717) is 11.0 Å². The average Bonchev–Trinajstić information content (AvgIpc) is 3.17. The van der Waals surface area contributed by atoms with E-state index >= 15 is 0 Å². The molecule has 1 aromatic carbocycles. The third kappa shape index (κ3) is 4.64. The van der Waals surface area contributed by atoms with Crippen molar-refractivity contribution in [2.45, 2.75) is 37.3 Å². The fourth-order valence-electron chi connectivity index (χ4n) is 3.02. The Hall–Kier alpha value is -1.27. The zero-order valence-corrected chi connectivity index (χ0v) is 17.9. The Kier molecular flexibility index (Phi) is 7.08. The molecule has 1 saturated heterocycles. The lowest BCUT2D eigenvalue weighted by Crippen LogP contribution is -2.36. The van der Waals surface area contributed by atoms with Crippen molar-refractivity contribution in [2.75, 3.05) is 13.2 Å². The smallest absolute Gasteiger partial charge is 0.365 e. The Morgan fingerprint density at radius 3 is 2.60 bits per heavy atom. The lowest BCUT2D eigenvalue weighted by molar-refractivity contribution is -0.155. The molecule has 14 heteroatoms. The molecule has 0 amide bonds. The Morgan fingerprint density at radius 2 is 1.97 bits per heavy atom. The van der Waals surface area contributed by atoms with Gasteiger partial charge in [0.2, 0.25) is 0 Å². The number of imidazole rings is 1. The van der Waals surface area contributed by atoms with E-state index in [1.807, 2.05) is 0 Å². The molecule has 1 aromatic heterocycles. The maximum atomic E-state index is 11.8. The van der Waals surface area contributed by atoms with Gasteiger partial charge in [-0.3, -0.25) is 4.57 Å². The monoisotopic (exact) mass is 484 g/mol. The van der Waals surface area contributed by atoms with Crippen LogP contribution in [0.3, 0.4) is 0 Å². The number of ether oxygens (including phenoxy) is 3. The molecule has 2 aromatic rings. The maximum Gasteiger partial charge on any atom is 0.365 e. The molecule has 11 nitrogen and oxygen atoms in total. The molecule has 3 rings (SSSR count). The molecule has 0 saturated carbocycles. The van der Waals surface area contributed by atoms with Crippen LogP contribution in [0.2, 0.25) is 10.0 Å². The number of benzene rings is 1. The van der Waals surface area contributed by atoms with Gasteiger partial charge >= 0.3 is 13.6 Å². The molecule has 30 heavy (non-hydrogen) atoms. The molecule has 1 fully saturated rings. The van der Waals surface area contributed by atoms with E-state index in [1.165, 1.54) is 30.0 Å². The summed E-state index contributed by atoms with van der Waals surface area (Å²) in [5, 5.41) is 21.3. The second-order valence-corrected chi connectivity index (χ2v) is 8.94. The standard InChI is InChI=1S/C16H19Cl2N2O9P/c1-2-27-15(23)16(30(24,25)26)28-5-11-12(21)13(22)14(29-11)20-6-19-9-3-7(17)8(18)4-10(9)20/h3-4,6,11-14,16,21-22H,2,5H2,1H3,(H2,24,25,26)/t11-,12-,13-,14-,16?/m1/s1. The highest BCUT2D eigenvalue weighted by atomic mass is 35.5. The van der Waals surface area contributed by atoms with Gasteiger partial charge in [-0.1, -0.05) is 23.2 Å². The number of aliphatic hydroxyl groups excluding tert-OH is 2. The number of carbonyl (C=O) groups is 1. The average molecular weight is 485 g/mol. The minimum atomic E-state index is -5.00. The van der Waals surface area contributed by atoms with Crippen LogP contribution in [0.25, 0.3) is 11.0 Å². The van der Waals surface area contributed by atoms with Crippen molar-refractivity contribution in [1.29, 1.82) is 0 Å². The summed E-state index contributed by atoms with van der Waals surface area (Å²) in [5.74, 6) is -3.43. The number of aliphatic hydroxyl groups is 2. The van der Waals surface area contributed by atoms with E-state index in [4.69, 9.17) is 32.7 Å². The first-order chi connectivity index (χ1) is 14.0. The Labute approximate surface area is 180 Å². The van der Waals surface area contributed by atoms with Crippen LogP contribution >= 0.6 is 30.8 Å². The normalized spacial score (nSPS) is 25.6. The highest BCUT2D eigenvalue weighted by molar-refractivity contribution is 7.53. The highest BCUT2D eigenvalue weighted by Crippen LogP contribution is 2.43. The van der Waals surface area contributed by atoms with E-state index in [9.17, 15) is 29.4 Å². The molecule has 1 unspecified atom stereocenters. The number of nitrogens with zero attached hydrogens (tertiary/aromatic N) is 2. The molecule has 1 aliphatic heterocycles. The first-order valence-electron chi connectivity index (χ1n) is 8.71. The number of hydrogen-bond acceptors (Lipinski definition) is 8. The second-order valence-electron chi connectivity index (χ2n) is 6.48. The number of hydrogen-bond donors (Lipinski definition) is 4. The Bertz CT molecular complexity index is 981. The molecule has 166 valence electrons. The Balaban J connectivity index is 1.78. The lowest BCUT2D eigenvalue weighted by atomic mass is 10.1. The fourth-order valence-corrected chi connectivity index (χ4v) is 3.97. The summed E-state index contributed by atoms with van der Waals surface area (Å²) in [7, 11) is -5.00. The number of halogens is 2. The predicted molar refractivity (Wildman–Crippen MR) is 104 cm³/mol. The van der Waals surface area contributed by atoms with Gasteiger partial charge in [0.15, 0.2) is 6.23 Å². The number of rotatable bonds is 7. The van der Waals surface area contributed by atoms with Crippen LogP contribution in [0.4, 0.5) is 0 Å². The van der Waals surface area contributed by atoms with Gasteiger partial charge in [0.25, 0.3) is 5.85 Å². The van der Waals surface area contributed by atoms with Gasteiger partial charge in [0.1, 0.15) is 18.3 Å². The SMILES string of the molecule is CCOC(=O)C(OC[C@H]1O[C@@H](n2cnc3cc(Cl)c(Cl)cc32)[C@H](O)[C@@H]1O)P(=O)(O)O. The lowest BCUT2D eigenvalue weighted by Gasteiger charge is -2.21. The number of carbonyl (C=O) groups excluding carboxylic acids is 1. The molecule has 0 aliphatic carbocycles. The zero-order chi connectivity index (χ0) is 22.2. The van der Waals surface area contributed by atoms with Crippen molar-refractivity contribution in [3.05, 3.63) is 28.5 Å². The van der Waals surface area contributed by atoms with Crippen LogP contribution < -0.4 is 0 Å². The van der Waals surface area contributed by atoms with Crippen molar-refractivity contribution >= 4 is 47.8 Å². The van der Waals surface area contributed by atoms with E-state index in [-0.39, 0.29) is 16.7 Å². The van der Waals surface area contributed by atoms with Crippen molar-refractivity contribution in [1.82, 2.24) is 9.55 Å². The highest BCUT2D eigenvalue weighted by Gasteiger charge is 2.46. The van der Waals surface area contributed by atoms with Gasteiger partial charge < -0.3 is 38.8 Å². The topological polar surface area (TPSA) is 161 Å². The first kappa shape index (κ1) is 23.4. The van der Waals surface area contributed by atoms with E-state index in [0.717, 1.165) is 0 Å². The first-order valence-corrected chi connectivity index (χ1v) is 11.1. The van der Waals surface area contributed by atoms with Crippen LogP contribution in [0, 0.1) is 0 Å². The minimum absolute atomic E-state index is 0.109. The Morgan fingerprint density at radius 1 is 1.30 bits per heavy atom. The van der Waals surface area contributed by atoms with Crippen molar-refractivity contribution < 1.29 is 43.6 Å². The molecule has 4 N–H and O–H groups in total. The minimum Gasteiger partial charge on any atom is -0.464 e. The summed E-state index contributed by atoms with van der Waals surface area (Å²) in [6, 6.07) is 3.04. The summed E-state index contributed by atoms with van der Waals surface area (Å²) < 4.78 is 28.2. The largest absolute Gasteiger partial charge is 0.464 e. The molecular weight excluding hydrogens is 466 g/mol. The van der Waals surface area contributed by atoms with Gasteiger partial charge in [-0.15, -0.1) is 0 Å². The van der Waals surface area contributed by atoms with Gasteiger partial charge in [0, 0.05) is 0 Å². The maximum absolute atomic E-state index is 11.8. The second kappa shape index (κ2) is 9.07. The molecule has 5 atom stereocenters. The third-order valence-electron chi connectivity index (χ3n) is 4.44. The molecule has 0 radical (unpaired) electrons. The van der Waals surface area contributed by atoms with Crippen LogP contribution in [0.5, 0.6) is 0 Å². The fraction of sp³-hybridized carbons (Fsp3) is 0.500. The number of aromatic nitrogens is 2. The summed E-state index contributed by atoms with van der Waals surface area (Å²) in [6.07, 6.45) is -3.85. The van der Waals surface area contributed by atoms with E-state index in [2.05, 4.69) is 9.72 Å². The molecule has 0 spiro atoms. The summed E-state index contributed by atoms with van der Waals surface area (Å²) in [5.41, 5.74) is 0.945. The van der Waals surface area contributed by atoms with Crippen molar-refractivity contribution in [3.63, 3.8) is 0 Å². The third-order valence-corrected chi connectivity index (χ3v) is 6.13. The van der Waals surface area contributed by atoms with Crippen molar-refractivity contribution in [2.24, 2.45) is 0 Å². The van der Waals surface area contributed by atoms with Crippen LogP contribution in [0.1, 0.15) is 13.2 Å². The summed E-state index contributed by atoms with van der Waals surface area (Å²) >= 11 is 12.0. The van der Waals surface area contributed by atoms with Crippen LogP contribution in [-0.2, 0) is 23.6 Å². The van der Waals surface area contributed by atoms with Gasteiger partial charge in [-0.05, 0) is 19.1 Å². The van der Waals surface area contributed by atoms with Crippen LogP contribution in [-0.4, -0.2) is 72.9 Å². The number of fused-ring (bicyclic) bond motifs is 1. The van der Waals surface area contributed by atoms with Gasteiger partial charge in [-0.25, -0.2) is 9.78 Å². The molecule has 2 heterocycles. The van der Waals surface area contributed by atoms with Gasteiger partial charge in [-0.2, -0.15) is 0 Å². The van der Waals surface area contributed by atoms with E-state index < -0.39 is 50.6 Å². The quantitative estimate of drug-likeness (QED) is 0.330. The van der Waals surface area contributed by atoms with Crippen molar-refractivity contribution in [3.8, 4) is 0 Å². The molecule has 1 aliphatic rings. The molecule has 0 bridgehead atoms. The molecular formula is C16H19Cl2N2O9P. The van der Waals surface area contributed by atoms with E-state index in [1.54, 1.807) is 0 Å². The van der Waals surface area contributed by atoms with Crippen LogP contribution in [0.15, 0.2) is 18.5 Å². The predicted octanol–water partition coefficient (Wildman–Crippen LogP) is 1.05. The summed E-state index contributed by atoms with van der Waals surface area (Å²) in [6.45, 7) is 0.763. The number of esters is 1.